The third-order valence-corrected chi connectivity index (χ3v) is 4.02. The number of rotatable bonds is 8. The first-order valence-corrected chi connectivity index (χ1v) is 8.12. The first-order chi connectivity index (χ1) is 11.6. The van der Waals surface area contributed by atoms with Crippen LogP contribution in [0.15, 0.2) is 60.7 Å². The summed E-state index contributed by atoms with van der Waals surface area (Å²) in [5.41, 5.74) is 1.61. The summed E-state index contributed by atoms with van der Waals surface area (Å²) in [6.45, 7) is 2.08. The summed E-state index contributed by atoms with van der Waals surface area (Å²) in [5, 5.41) is 9.54. The first-order valence-electron chi connectivity index (χ1n) is 8.12. The average Bonchev–Trinajstić information content (AvgIpc) is 2.60. The molecule has 0 heterocycles. The maximum atomic E-state index is 12.3. The quantitative estimate of drug-likeness (QED) is 0.745. The Hall–Kier alpha value is -2.62. The highest BCUT2D eigenvalue weighted by atomic mass is 16.5. The van der Waals surface area contributed by atoms with Crippen molar-refractivity contribution >= 4 is 11.9 Å². The van der Waals surface area contributed by atoms with Crippen LogP contribution < -0.4 is 0 Å². The van der Waals surface area contributed by atoms with Gasteiger partial charge in [-0.3, -0.25) is 9.59 Å². The molecule has 0 unspecified atom stereocenters. The molecule has 0 bridgehead atoms. The maximum Gasteiger partial charge on any atom is 0.313 e. The van der Waals surface area contributed by atoms with Gasteiger partial charge in [-0.1, -0.05) is 60.7 Å². The minimum absolute atomic E-state index is 0.305. The molecule has 2 aromatic rings. The zero-order valence-corrected chi connectivity index (χ0v) is 13.7. The summed E-state index contributed by atoms with van der Waals surface area (Å²) >= 11 is 0. The van der Waals surface area contributed by atoms with Crippen molar-refractivity contribution in [3.8, 4) is 0 Å². The predicted molar refractivity (Wildman–Crippen MR) is 91.9 cm³/mol. The molecule has 4 heteroatoms. The maximum absolute atomic E-state index is 12.3. The van der Waals surface area contributed by atoms with Gasteiger partial charge in [0.05, 0.1) is 18.4 Å². The summed E-state index contributed by atoms with van der Waals surface area (Å²) < 4.78 is 5.17. The summed E-state index contributed by atoms with van der Waals surface area (Å²) in [7, 11) is 0. The average molecular weight is 326 g/mol. The second-order valence-corrected chi connectivity index (χ2v) is 5.59. The van der Waals surface area contributed by atoms with Gasteiger partial charge in [-0.15, -0.1) is 0 Å². The lowest BCUT2D eigenvalue weighted by Crippen LogP contribution is -2.19. The van der Waals surface area contributed by atoms with E-state index >= 15 is 0 Å². The van der Waals surface area contributed by atoms with Crippen molar-refractivity contribution < 1.29 is 19.4 Å². The van der Waals surface area contributed by atoms with Crippen LogP contribution in [0, 0.1) is 0 Å². The fourth-order valence-electron chi connectivity index (χ4n) is 2.80. The largest absolute Gasteiger partial charge is 0.481 e. The molecule has 0 radical (unpaired) electrons. The minimum Gasteiger partial charge on any atom is -0.481 e. The molecule has 0 amide bonds. The van der Waals surface area contributed by atoms with E-state index in [1.165, 1.54) is 0 Å². The molecule has 0 saturated carbocycles. The van der Waals surface area contributed by atoms with Crippen molar-refractivity contribution in [2.75, 3.05) is 6.61 Å². The number of benzene rings is 2. The van der Waals surface area contributed by atoms with E-state index in [1.807, 2.05) is 48.5 Å². The van der Waals surface area contributed by atoms with Gasteiger partial charge < -0.3 is 9.84 Å². The molecule has 126 valence electrons. The number of carboxylic acids is 1. The number of ether oxygens (including phenoxy) is 1. The highest BCUT2D eigenvalue weighted by Crippen LogP contribution is 2.29. The van der Waals surface area contributed by atoms with Crippen LogP contribution in [0.2, 0.25) is 0 Å². The van der Waals surface area contributed by atoms with E-state index in [-0.39, 0.29) is 5.97 Å². The third-order valence-electron chi connectivity index (χ3n) is 4.02. The van der Waals surface area contributed by atoms with Gasteiger partial charge in [0.25, 0.3) is 0 Å². The lowest BCUT2D eigenvalue weighted by molar-refractivity contribution is -0.146. The lowest BCUT2D eigenvalue weighted by atomic mass is 9.87. The topological polar surface area (TPSA) is 63.6 Å². The van der Waals surface area contributed by atoms with Crippen molar-refractivity contribution in [1.29, 1.82) is 0 Å². The van der Waals surface area contributed by atoms with Gasteiger partial charge in [-0.05, 0) is 30.9 Å². The summed E-state index contributed by atoms with van der Waals surface area (Å²) in [6, 6.07) is 18.5. The lowest BCUT2D eigenvalue weighted by Gasteiger charge is -2.19. The normalized spacial score (nSPS) is 13.0. The minimum atomic E-state index is -0.878. The van der Waals surface area contributed by atoms with E-state index in [2.05, 4.69) is 0 Å². The van der Waals surface area contributed by atoms with E-state index in [1.54, 1.807) is 19.1 Å². The fraction of sp³-hybridized carbons (Fsp3) is 0.300. The molecule has 1 N–H and O–H groups in total. The van der Waals surface area contributed by atoms with E-state index < -0.39 is 17.8 Å². The Morgan fingerprint density at radius 1 is 0.875 bits per heavy atom. The Labute approximate surface area is 142 Å². The number of carboxylic acid groups (broad SMARTS) is 1. The smallest absolute Gasteiger partial charge is 0.313 e. The predicted octanol–water partition coefficient (Wildman–Crippen LogP) is 3.98. The first kappa shape index (κ1) is 17.7. The van der Waals surface area contributed by atoms with Crippen LogP contribution in [0.4, 0.5) is 0 Å². The fourth-order valence-corrected chi connectivity index (χ4v) is 2.80. The zero-order chi connectivity index (χ0) is 17.4. The highest BCUT2D eigenvalue weighted by molar-refractivity contribution is 5.79. The summed E-state index contributed by atoms with van der Waals surface area (Å²) in [6.07, 6.45) is 0.798. The number of esters is 1. The van der Waals surface area contributed by atoms with Gasteiger partial charge in [0.15, 0.2) is 0 Å². The molecule has 0 aliphatic rings. The molecule has 0 saturated heterocycles. The van der Waals surface area contributed by atoms with Gasteiger partial charge in [0, 0.05) is 0 Å². The second-order valence-electron chi connectivity index (χ2n) is 5.59. The highest BCUT2D eigenvalue weighted by Gasteiger charge is 2.26. The van der Waals surface area contributed by atoms with Gasteiger partial charge in [0.1, 0.15) is 0 Å². The molecule has 2 rings (SSSR count). The van der Waals surface area contributed by atoms with Crippen LogP contribution in [0.25, 0.3) is 0 Å². The second kappa shape index (κ2) is 8.87. The monoisotopic (exact) mass is 326 g/mol. The van der Waals surface area contributed by atoms with Crippen LogP contribution in [-0.2, 0) is 14.3 Å². The SMILES string of the molecule is CCOC(=O)[C@@H](CC[C@@H](C(=O)O)c1ccccc1)c1ccccc1. The van der Waals surface area contributed by atoms with Crippen LogP contribution in [0.5, 0.6) is 0 Å². The van der Waals surface area contributed by atoms with Crippen LogP contribution in [0.1, 0.15) is 42.7 Å². The molecule has 2 atom stereocenters. The van der Waals surface area contributed by atoms with Crippen molar-refractivity contribution in [3.05, 3.63) is 71.8 Å². The van der Waals surface area contributed by atoms with E-state index in [4.69, 9.17) is 4.74 Å². The summed E-state index contributed by atoms with van der Waals surface area (Å²) in [5.74, 6) is -2.26. The van der Waals surface area contributed by atoms with Gasteiger partial charge in [-0.2, -0.15) is 0 Å². The molecular weight excluding hydrogens is 304 g/mol. The van der Waals surface area contributed by atoms with Crippen LogP contribution in [0.3, 0.4) is 0 Å². The number of hydrogen-bond donors (Lipinski definition) is 1. The Kier molecular flexibility index (Phi) is 6.55. The summed E-state index contributed by atoms with van der Waals surface area (Å²) in [4.78, 5) is 23.9. The number of carbonyl (C=O) groups excluding carboxylic acids is 1. The van der Waals surface area contributed by atoms with Crippen LogP contribution in [-0.4, -0.2) is 23.7 Å². The van der Waals surface area contributed by atoms with Gasteiger partial charge in [0.2, 0.25) is 0 Å². The third kappa shape index (κ3) is 4.69. The Morgan fingerprint density at radius 2 is 1.33 bits per heavy atom. The Balaban J connectivity index is 2.16. The molecule has 0 aliphatic carbocycles. The molecule has 0 fully saturated rings. The molecule has 0 spiro atoms. The van der Waals surface area contributed by atoms with Crippen LogP contribution >= 0.6 is 0 Å². The molecule has 24 heavy (non-hydrogen) atoms. The number of aliphatic carboxylic acids is 1. The molecular formula is C20H22O4. The zero-order valence-electron chi connectivity index (χ0n) is 13.7. The molecule has 4 nitrogen and oxygen atoms in total. The van der Waals surface area contributed by atoms with Gasteiger partial charge >= 0.3 is 11.9 Å². The van der Waals surface area contributed by atoms with Crippen molar-refractivity contribution in [2.45, 2.75) is 31.6 Å². The number of hydrogen-bond acceptors (Lipinski definition) is 3. The molecule has 0 aliphatic heterocycles. The van der Waals surface area contributed by atoms with E-state index in [0.717, 1.165) is 11.1 Å². The van der Waals surface area contributed by atoms with Crippen molar-refractivity contribution in [1.82, 2.24) is 0 Å². The molecule has 2 aromatic carbocycles. The standard InChI is InChI=1S/C20H22O4/c1-2-24-20(23)18(16-11-7-4-8-12-16)14-13-17(19(21)22)15-9-5-3-6-10-15/h3-12,17-18H,2,13-14H2,1H3,(H,21,22)/t17-,18+/m1/s1. The molecule has 0 aromatic heterocycles. The Morgan fingerprint density at radius 3 is 1.79 bits per heavy atom. The van der Waals surface area contributed by atoms with Gasteiger partial charge in [-0.25, -0.2) is 0 Å². The van der Waals surface area contributed by atoms with Crippen molar-refractivity contribution in [2.24, 2.45) is 0 Å². The number of carbonyl (C=O) groups is 2. The van der Waals surface area contributed by atoms with E-state index in [9.17, 15) is 14.7 Å². The Bertz CT molecular complexity index is 652. The van der Waals surface area contributed by atoms with E-state index in [0.29, 0.717) is 19.4 Å². The van der Waals surface area contributed by atoms with Crippen molar-refractivity contribution in [3.63, 3.8) is 0 Å².